The SMILES string of the molecule is O=c1n(Cc2c(F)cccc2F)cnn1-c1ccc(C2CNNC2)cc1. The highest BCUT2D eigenvalue weighted by atomic mass is 19.1. The molecule has 0 saturated carbocycles. The Hall–Kier alpha value is -2.84. The molecule has 1 fully saturated rings. The number of benzene rings is 2. The first-order valence-electron chi connectivity index (χ1n) is 8.27. The van der Waals surface area contributed by atoms with Gasteiger partial charge in [0.2, 0.25) is 0 Å². The number of hydrogen-bond donors (Lipinski definition) is 2. The molecule has 3 aromatic rings. The van der Waals surface area contributed by atoms with E-state index in [2.05, 4.69) is 16.0 Å². The van der Waals surface area contributed by atoms with Crippen molar-refractivity contribution in [1.82, 2.24) is 25.2 Å². The van der Waals surface area contributed by atoms with Gasteiger partial charge in [0.15, 0.2) is 0 Å². The van der Waals surface area contributed by atoms with E-state index in [9.17, 15) is 13.6 Å². The molecular formula is C18H17F2N5O. The van der Waals surface area contributed by atoms with Crippen molar-refractivity contribution in [2.45, 2.75) is 12.5 Å². The minimum absolute atomic E-state index is 0.161. The second kappa shape index (κ2) is 6.81. The third-order valence-corrected chi connectivity index (χ3v) is 4.55. The highest BCUT2D eigenvalue weighted by Gasteiger charge is 2.17. The molecule has 0 spiro atoms. The van der Waals surface area contributed by atoms with E-state index >= 15 is 0 Å². The lowest BCUT2D eigenvalue weighted by molar-refractivity contribution is 0.541. The monoisotopic (exact) mass is 357 g/mol. The van der Waals surface area contributed by atoms with Crippen molar-refractivity contribution in [3.05, 3.63) is 82.0 Å². The first-order chi connectivity index (χ1) is 12.6. The van der Waals surface area contributed by atoms with Crippen molar-refractivity contribution in [3.63, 3.8) is 0 Å². The number of hydrazine groups is 1. The Labute approximate surface area is 148 Å². The second-order valence-electron chi connectivity index (χ2n) is 6.20. The summed E-state index contributed by atoms with van der Waals surface area (Å²) in [5, 5.41) is 4.07. The van der Waals surface area contributed by atoms with Crippen LogP contribution >= 0.6 is 0 Å². The second-order valence-corrected chi connectivity index (χ2v) is 6.20. The molecule has 0 bridgehead atoms. The van der Waals surface area contributed by atoms with E-state index in [1.165, 1.54) is 33.8 Å². The summed E-state index contributed by atoms with van der Waals surface area (Å²) < 4.78 is 30.0. The van der Waals surface area contributed by atoms with Gasteiger partial charge in [0.05, 0.1) is 12.2 Å². The van der Waals surface area contributed by atoms with Gasteiger partial charge in [-0.15, -0.1) is 0 Å². The molecule has 2 N–H and O–H groups in total. The van der Waals surface area contributed by atoms with Crippen LogP contribution in [-0.4, -0.2) is 27.4 Å². The van der Waals surface area contributed by atoms with Gasteiger partial charge >= 0.3 is 5.69 Å². The summed E-state index contributed by atoms with van der Waals surface area (Å²) in [5.41, 5.74) is 7.31. The normalized spacial score (nSPS) is 14.8. The molecule has 1 saturated heterocycles. The summed E-state index contributed by atoms with van der Waals surface area (Å²) in [6.45, 7) is 1.49. The summed E-state index contributed by atoms with van der Waals surface area (Å²) >= 11 is 0. The van der Waals surface area contributed by atoms with Gasteiger partial charge in [0.1, 0.15) is 18.0 Å². The number of aromatic nitrogens is 3. The van der Waals surface area contributed by atoms with E-state index in [1.54, 1.807) is 0 Å². The van der Waals surface area contributed by atoms with Gasteiger partial charge in [-0.25, -0.2) is 13.6 Å². The molecule has 0 atom stereocenters. The summed E-state index contributed by atoms with van der Waals surface area (Å²) in [5.74, 6) is -0.997. The summed E-state index contributed by atoms with van der Waals surface area (Å²) in [7, 11) is 0. The number of rotatable bonds is 4. The van der Waals surface area contributed by atoms with Crippen LogP contribution in [0.2, 0.25) is 0 Å². The molecule has 0 amide bonds. The lowest BCUT2D eigenvalue weighted by Crippen LogP contribution is -2.24. The lowest BCUT2D eigenvalue weighted by atomic mass is 10.0. The Morgan fingerprint density at radius 1 is 1.04 bits per heavy atom. The zero-order chi connectivity index (χ0) is 18.1. The predicted octanol–water partition coefficient (Wildman–Crippen LogP) is 1.55. The number of hydrogen-bond acceptors (Lipinski definition) is 4. The van der Waals surface area contributed by atoms with Gasteiger partial charge in [-0.2, -0.15) is 9.78 Å². The molecule has 0 unspecified atom stereocenters. The fourth-order valence-electron chi connectivity index (χ4n) is 3.06. The van der Waals surface area contributed by atoms with E-state index in [0.717, 1.165) is 18.7 Å². The molecule has 0 radical (unpaired) electrons. The van der Waals surface area contributed by atoms with Crippen molar-refractivity contribution in [2.24, 2.45) is 0 Å². The van der Waals surface area contributed by atoms with Crippen molar-refractivity contribution in [3.8, 4) is 5.69 Å². The Bertz CT molecular complexity index is 954. The molecule has 6 nitrogen and oxygen atoms in total. The maximum absolute atomic E-state index is 13.8. The average molecular weight is 357 g/mol. The van der Waals surface area contributed by atoms with Crippen LogP contribution < -0.4 is 16.5 Å². The fourth-order valence-corrected chi connectivity index (χ4v) is 3.06. The summed E-state index contributed by atoms with van der Waals surface area (Å²) in [4.78, 5) is 12.5. The third kappa shape index (κ3) is 3.04. The fraction of sp³-hybridized carbons (Fsp3) is 0.222. The van der Waals surface area contributed by atoms with Crippen molar-refractivity contribution in [2.75, 3.05) is 13.1 Å². The standard InChI is InChI=1S/C18H17F2N5O/c19-16-2-1-3-17(20)15(16)10-24-11-23-25(18(24)26)14-6-4-12(5-7-14)13-8-21-22-9-13/h1-7,11,13,21-22H,8-10H2. The third-order valence-electron chi connectivity index (χ3n) is 4.55. The van der Waals surface area contributed by atoms with Gasteiger partial charge < -0.3 is 0 Å². The Balaban J connectivity index is 1.60. The van der Waals surface area contributed by atoms with E-state index in [0.29, 0.717) is 11.6 Å². The number of nitrogens with zero attached hydrogens (tertiary/aromatic N) is 3. The molecule has 0 aliphatic carbocycles. The zero-order valence-electron chi connectivity index (χ0n) is 13.8. The van der Waals surface area contributed by atoms with E-state index in [1.807, 2.05) is 24.3 Å². The first kappa shape index (κ1) is 16.6. The van der Waals surface area contributed by atoms with Crippen LogP contribution in [0, 0.1) is 11.6 Å². The van der Waals surface area contributed by atoms with Crippen LogP contribution in [0.5, 0.6) is 0 Å². The maximum atomic E-state index is 13.8. The summed E-state index contributed by atoms with van der Waals surface area (Å²) in [6, 6.07) is 11.2. The minimum Gasteiger partial charge on any atom is -0.276 e. The quantitative estimate of drug-likeness (QED) is 0.744. The minimum atomic E-state index is -0.687. The van der Waals surface area contributed by atoms with Gasteiger partial charge in [-0.05, 0) is 29.8 Å². The van der Waals surface area contributed by atoms with Crippen molar-refractivity contribution >= 4 is 0 Å². The smallest absolute Gasteiger partial charge is 0.276 e. The van der Waals surface area contributed by atoms with Crippen molar-refractivity contribution < 1.29 is 8.78 Å². The first-order valence-corrected chi connectivity index (χ1v) is 8.27. The van der Waals surface area contributed by atoms with Crippen molar-refractivity contribution in [1.29, 1.82) is 0 Å². The Kier molecular flexibility index (Phi) is 4.36. The molecule has 1 aliphatic heterocycles. The lowest BCUT2D eigenvalue weighted by Gasteiger charge is -2.08. The van der Waals surface area contributed by atoms with Crippen LogP contribution in [-0.2, 0) is 6.54 Å². The number of halogens is 2. The van der Waals surface area contributed by atoms with Gasteiger partial charge in [0, 0.05) is 24.6 Å². The number of nitrogens with one attached hydrogen (secondary N) is 2. The molecule has 1 aliphatic rings. The van der Waals surface area contributed by atoms with Crippen LogP contribution in [0.15, 0.2) is 53.6 Å². The van der Waals surface area contributed by atoms with Crippen LogP contribution in [0.1, 0.15) is 17.0 Å². The largest absolute Gasteiger partial charge is 0.350 e. The summed E-state index contributed by atoms with van der Waals surface area (Å²) in [6.07, 6.45) is 1.28. The molecule has 4 rings (SSSR count). The van der Waals surface area contributed by atoms with Crippen LogP contribution in [0.3, 0.4) is 0 Å². The van der Waals surface area contributed by atoms with Crippen LogP contribution in [0.4, 0.5) is 8.78 Å². The topological polar surface area (TPSA) is 63.9 Å². The molecule has 26 heavy (non-hydrogen) atoms. The van der Waals surface area contributed by atoms with Gasteiger partial charge in [0.25, 0.3) is 0 Å². The van der Waals surface area contributed by atoms with E-state index in [4.69, 9.17) is 0 Å². The van der Waals surface area contributed by atoms with Crippen LogP contribution in [0.25, 0.3) is 5.69 Å². The highest BCUT2D eigenvalue weighted by Crippen LogP contribution is 2.18. The highest BCUT2D eigenvalue weighted by molar-refractivity contribution is 5.35. The van der Waals surface area contributed by atoms with E-state index in [-0.39, 0.29) is 12.1 Å². The molecule has 134 valence electrons. The molecular weight excluding hydrogens is 340 g/mol. The zero-order valence-corrected chi connectivity index (χ0v) is 13.8. The van der Waals surface area contributed by atoms with Gasteiger partial charge in [-0.3, -0.25) is 15.4 Å². The Morgan fingerprint density at radius 3 is 2.35 bits per heavy atom. The maximum Gasteiger partial charge on any atom is 0.350 e. The molecule has 8 heteroatoms. The van der Waals surface area contributed by atoms with Gasteiger partial charge in [-0.1, -0.05) is 18.2 Å². The van der Waals surface area contributed by atoms with E-state index < -0.39 is 17.3 Å². The molecule has 1 aromatic heterocycles. The average Bonchev–Trinajstić information content (AvgIpc) is 3.29. The Morgan fingerprint density at radius 2 is 1.69 bits per heavy atom. The predicted molar refractivity (Wildman–Crippen MR) is 92.0 cm³/mol. The molecule has 2 aromatic carbocycles. The molecule has 2 heterocycles.